The maximum atomic E-state index is 6.01. The van der Waals surface area contributed by atoms with Gasteiger partial charge in [0.1, 0.15) is 11.6 Å². The lowest BCUT2D eigenvalue weighted by molar-refractivity contribution is 0.163. The fourth-order valence-electron chi connectivity index (χ4n) is 3.49. The van der Waals surface area contributed by atoms with Crippen LogP contribution in [0.2, 0.25) is 0 Å². The minimum Gasteiger partial charge on any atom is -0.355 e. The molecule has 3 rings (SSSR count). The van der Waals surface area contributed by atoms with E-state index in [4.69, 9.17) is 5.73 Å². The van der Waals surface area contributed by atoms with Crippen LogP contribution in [-0.4, -0.2) is 53.1 Å². The van der Waals surface area contributed by atoms with Crippen molar-refractivity contribution >= 4 is 5.82 Å². The van der Waals surface area contributed by atoms with E-state index in [0.29, 0.717) is 12.1 Å². The number of rotatable bonds is 3. The van der Waals surface area contributed by atoms with E-state index in [2.05, 4.69) is 32.8 Å². The van der Waals surface area contributed by atoms with Gasteiger partial charge in [-0.3, -0.25) is 4.90 Å². The average Bonchev–Trinajstić information content (AvgIpc) is 2.97. The van der Waals surface area contributed by atoms with Crippen LogP contribution in [0.1, 0.15) is 37.7 Å². The quantitative estimate of drug-likeness (QED) is 0.910. The van der Waals surface area contributed by atoms with Gasteiger partial charge in [-0.1, -0.05) is 6.92 Å². The standard InChI is InChI=1S/C16H27N5/c1-3-14-10-16(19-12(2)18-14)21-9-6-15(11-21)20-7-4-13(17)5-8-20/h10,13,15H,3-9,11,17H2,1-2H3. The number of aromatic nitrogens is 2. The Morgan fingerprint density at radius 3 is 2.67 bits per heavy atom. The topological polar surface area (TPSA) is 58.3 Å². The minimum atomic E-state index is 0.412. The van der Waals surface area contributed by atoms with Crippen molar-refractivity contribution in [1.82, 2.24) is 14.9 Å². The zero-order valence-corrected chi connectivity index (χ0v) is 13.3. The van der Waals surface area contributed by atoms with Gasteiger partial charge in [0.25, 0.3) is 0 Å². The molecule has 0 aliphatic carbocycles. The zero-order valence-electron chi connectivity index (χ0n) is 13.3. The second-order valence-electron chi connectivity index (χ2n) is 6.38. The van der Waals surface area contributed by atoms with Crippen LogP contribution >= 0.6 is 0 Å². The van der Waals surface area contributed by atoms with Gasteiger partial charge in [-0.05, 0) is 45.7 Å². The van der Waals surface area contributed by atoms with Crippen molar-refractivity contribution < 1.29 is 0 Å². The van der Waals surface area contributed by atoms with Crippen LogP contribution in [0.3, 0.4) is 0 Å². The molecule has 0 aromatic carbocycles. The molecule has 0 spiro atoms. The summed E-state index contributed by atoms with van der Waals surface area (Å²) in [6.07, 6.45) is 4.49. The summed E-state index contributed by atoms with van der Waals surface area (Å²) in [6, 6.07) is 3.23. The van der Waals surface area contributed by atoms with E-state index < -0.39 is 0 Å². The Balaban J connectivity index is 1.65. The highest BCUT2D eigenvalue weighted by molar-refractivity contribution is 5.41. The summed E-state index contributed by atoms with van der Waals surface area (Å²) in [7, 11) is 0. The highest BCUT2D eigenvalue weighted by atomic mass is 15.3. The van der Waals surface area contributed by atoms with E-state index in [1.54, 1.807) is 0 Å². The van der Waals surface area contributed by atoms with Crippen LogP contribution < -0.4 is 10.6 Å². The molecule has 0 radical (unpaired) electrons. The number of hydrogen-bond donors (Lipinski definition) is 1. The Morgan fingerprint density at radius 1 is 1.19 bits per heavy atom. The molecule has 0 bridgehead atoms. The van der Waals surface area contributed by atoms with Gasteiger partial charge in [0.05, 0.1) is 0 Å². The Labute approximate surface area is 127 Å². The van der Waals surface area contributed by atoms with Crippen molar-refractivity contribution in [1.29, 1.82) is 0 Å². The highest BCUT2D eigenvalue weighted by Crippen LogP contribution is 2.24. The Bertz CT molecular complexity index is 482. The summed E-state index contributed by atoms with van der Waals surface area (Å²) in [5.74, 6) is 1.99. The molecular weight excluding hydrogens is 262 g/mol. The van der Waals surface area contributed by atoms with Gasteiger partial charge in [-0.15, -0.1) is 0 Å². The van der Waals surface area contributed by atoms with Crippen molar-refractivity contribution in [3.8, 4) is 0 Å². The first-order valence-electron chi connectivity index (χ1n) is 8.25. The fraction of sp³-hybridized carbons (Fsp3) is 0.750. The largest absolute Gasteiger partial charge is 0.355 e. The molecule has 2 saturated heterocycles. The van der Waals surface area contributed by atoms with Crippen molar-refractivity contribution in [3.05, 3.63) is 17.6 Å². The third-order valence-electron chi connectivity index (χ3n) is 4.82. The van der Waals surface area contributed by atoms with Crippen molar-refractivity contribution in [3.63, 3.8) is 0 Å². The molecule has 2 N–H and O–H groups in total. The van der Waals surface area contributed by atoms with Crippen LogP contribution in [0.5, 0.6) is 0 Å². The van der Waals surface area contributed by atoms with Crippen LogP contribution in [0, 0.1) is 6.92 Å². The lowest BCUT2D eigenvalue weighted by Crippen LogP contribution is -2.46. The predicted octanol–water partition coefficient (Wildman–Crippen LogP) is 1.35. The molecule has 3 heterocycles. The van der Waals surface area contributed by atoms with E-state index in [1.807, 2.05) is 6.92 Å². The van der Waals surface area contributed by atoms with Gasteiger partial charge >= 0.3 is 0 Å². The SMILES string of the molecule is CCc1cc(N2CCC(N3CCC(N)CC3)C2)nc(C)n1. The number of nitrogens with two attached hydrogens (primary N) is 1. The lowest BCUT2D eigenvalue weighted by atomic mass is 10.0. The van der Waals surface area contributed by atoms with E-state index in [9.17, 15) is 0 Å². The van der Waals surface area contributed by atoms with Gasteiger partial charge < -0.3 is 10.6 Å². The van der Waals surface area contributed by atoms with Crippen LogP contribution in [0.15, 0.2) is 6.07 Å². The van der Waals surface area contributed by atoms with Crippen molar-refractivity contribution in [2.45, 2.75) is 51.6 Å². The molecule has 1 aromatic rings. The molecule has 1 aromatic heterocycles. The number of likely N-dealkylation sites (tertiary alicyclic amines) is 1. The van der Waals surface area contributed by atoms with Gasteiger partial charge in [0.2, 0.25) is 0 Å². The molecule has 1 unspecified atom stereocenters. The summed E-state index contributed by atoms with van der Waals surface area (Å²) in [6.45, 7) is 8.64. The maximum absolute atomic E-state index is 6.01. The summed E-state index contributed by atoms with van der Waals surface area (Å²) in [5.41, 5.74) is 7.15. The first-order chi connectivity index (χ1) is 10.2. The molecule has 0 saturated carbocycles. The molecule has 21 heavy (non-hydrogen) atoms. The lowest BCUT2D eigenvalue weighted by Gasteiger charge is -2.34. The van der Waals surface area contributed by atoms with Crippen LogP contribution in [0.25, 0.3) is 0 Å². The molecule has 0 amide bonds. The predicted molar refractivity (Wildman–Crippen MR) is 85.5 cm³/mol. The highest BCUT2D eigenvalue weighted by Gasteiger charge is 2.30. The van der Waals surface area contributed by atoms with Crippen LogP contribution in [0.4, 0.5) is 5.82 Å². The van der Waals surface area contributed by atoms with E-state index in [0.717, 1.165) is 62.8 Å². The second-order valence-corrected chi connectivity index (χ2v) is 6.38. The third-order valence-corrected chi connectivity index (χ3v) is 4.82. The fourth-order valence-corrected chi connectivity index (χ4v) is 3.49. The second kappa shape index (κ2) is 6.28. The molecule has 2 aliphatic rings. The summed E-state index contributed by atoms with van der Waals surface area (Å²) < 4.78 is 0. The van der Waals surface area contributed by atoms with E-state index >= 15 is 0 Å². The first kappa shape index (κ1) is 14.7. The zero-order chi connectivity index (χ0) is 14.8. The van der Waals surface area contributed by atoms with E-state index in [-0.39, 0.29) is 0 Å². The van der Waals surface area contributed by atoms with Gasteiger partial charge in [0.15, 0.2) is 0 Å². The smallest absolute Gasteiger partial charge is 0.132 e. The Hall–Kier alpha value is -1.20. The number of piperidine rings is 1. The van der Waals surface area contributed by atoms with Gasteiger partial charge in [-0.25, -0.2) is 9.97 Å². The molecule has 2 fully saturated rings. The van der Waals surface area contributed by atoms with E-state index in [1.165, 1.54) is 6.42 Å². The van der Waals surface area contributed by atoms with Crippen molar-refractivity contribution in [2.75, 3.05) is 31.1 Å². The molecular formula is C16H27N5. The summed E-state index contributed by atoms with van der Waals surface area (Å²) >= 11 is 0. The summed E-state index contributed by atoms with van der Waals surface area (Å²) in [5, 5.41) is 0. The molecule has 116 valence electrons. The van der Waals surface area contributed by atoms with Gasteiger partial charge in [0, 0.05) is 36.9 Å². The number of nitrogens with zero attached hydrogens (tertiary/aromatic N) is 4. The average molecular weight is 289 g/mol. The van der Waals surface area contributed by atoms with Gasteiger partial charge in [-0.2, -0.15) is 0 Å². The summed E-state index contributed by atoms with van der Waals surface area (Å²) in [4.78, 5) is 14.2. The monoisotopic (exact) mass is 289 g/mol. The van der Waals surface area contributed by atoms with Crippen molar-refractivity contribution in [2.24, 2.45) is 5.73 Å². The first-order valence-corrected chi connectivity index (χ1v) is 8.25. The molecule has 5 heteroatoms. The number of hydrogen-bond acceptors (Lipinski definition) is 5. The maximum Gasteiger partial charge on any atom is 0.132 e. The minimum absolute atomic E-state index is 0.412. The number of aryl methyl sites for hydroxylation is 2. The third kappa shape index (κ3) is 3.35. The number of anilines is 1. The Kier molecular flexibility index (Phi) is 4.40. The Morgan fingerprint density at radius 2 is 1.95 bits per heavy atom. The normalized spacial score (nSPS) is 24.7. The van der Waals surface area contributed by atoms with Crippen LogP contribution in [-0.2, 0) is 6.42 Å². The molecule has 2 aliphatic heterocycles. The molecule has 5 nitrogen and oxygen atoms in total. The molecule has 1 atom stereocenters.